The molecule has 0 atom stereocenters. The van der Waals surface area contributed by atoms with Crippen LogP contribution in [-0.2, 0) is 17.6 Å². The summed E-state index contributed by atoms with van der Waals surface area (Å²) in [4.78, 5) is 33.0. The molecular weight excluding hydrogens is 380 g/mol. The summed E-state index contributed by atoms with van der Waals surface area (Å²) in [5.41, 5.74) is 4.20. The molecule has 0 radical (unpaired) electrons. The number of ketones is 1. The molecule has 0 aliphatic heterocycles. The molecule has 2 N–H and O–H groups in total. The molecule has 0 saturated heterocycles. The van der Waals surface area contributed by atoms with Gasteiger partial charge in [0.25, 0.3) is 5.78 Å². The summed E-state index contributed by atoms with van der Waals surface area (Å²) in [5, 5.41) is 10.2. The zero-order valence-corrected chi connectivity index (χ0v) is 17.1. The van der Waals surface area contributed by atoms with Crippen LogP contribution in [0, 0.1) is 6.92 Å². The maximum atomic E-state index is 12.5. The van der Waals surface area contributed by atoms with Gasteiger partial charge < -0.3 is 10.6 Å². The van der Waals surface area contributed by atoms with Gasteiger partial charge in [-0.25, -0.2) is 4.98 Å². The molecule has 4 rings (SSSR count). The van der Waals surface area contributed by atoms with Crippen LogP contribution < -0.4 is 10.6 Å². The number of Topliss-reactive ketones (excluding diaryl/α,β-unsaturated/α-hetero) is 1. The lowest BCUT2D eigenvalue weighted by Gasteiger charge is -2.16. The van der Waals surface area contributed by atoms with Crippen LogP contribution in [0.2, 0.25) is 0 Å². The first-order chi connectivity index (χ1) is 14.6. The average molecular weight is 406 g/mol. The van der Waals surface area contributed by atoms with Crippen molar-refractivity contribution in [3.63, 3.8) is 0 Å². The second kappa shape index (κ2) is 9.02. The predicted octanol–water partition coefficient (Wildman–Crippen LogP) is 2.50. The van der Waals surface area contributed by atoms with Crippen molar-refractivity contribution in [2.75, 3.05) is 18.4 Å². The molecule has 2 heterocycles. The van der Waals surface area contributed by atoms with Crippen molar-refractivity contribution in [2.24, 2.45) is 0 Å². The molecular formula is C22H26N6O2. The highest BCUT2D eigenvalue weighted by atomic mass is 16.2. The Hall–Kier alpha value is -3.29. The highest BCUT2D eigenvalue weighted by Gasteiger charge is 2.14. The normalized spacial score (nSPS) is 13.1. The zero-order chi connectivity index (χ0) is 20.9. The van der Waals surface area contributed by atoms with Crippen LogP contribution in [0.15, 0.2) is 30.6 Å². The van der Waals surface area contributed by atoms with Crippen molar-refractivity contribution in [3.8, 4) is 0 Å². The first-order valence-corrected chi connectivity index (χ1v) is 10.4. The lowest BCUT2D eigenvalue weighted by atomic mass is 9.89. The van der Waals surface area contributed by atoms with Crippen LogP contribution in [0.1, 0.15) is 52.9 Å². The van der Waals surface area contributed by atoms with Crippen molar-refractivity contribution in [1.29, 1.82) is 0 Å². The van der Waals surface area contributed by atoms with E-state index in [1.54, 1.807) is 4.52 Å². The molecule has 0 spiro atoms. The number of carbonyl (C=O) groups excluding carboxylic acids is 2. The standard InChI is InChI=1S/C22H26N6O2/c1-15-12-20(28-22(27-15)25-14-26-28)23-10-11-24-21(30)9-8-19(29)18-7-6-16-4-2-3-5-17(16)13-18/h6-7,12-14,23H,2-5,8-11H2,1H3,(H,24,30). The number of anilines is 1. The molecule has 0 saturated carbocycles. The molecule has 0 unspecified atom stereocenters. The van der Waals surface area contributed by atoms with E-state index in [9.17, 15) is 9.59 Å². The summed E-state index contributed by atoms with van der Waals surface area (Å²) in [7, 11) is 0. The number of amides is 1. The molecule has 1 amide bonds. The predicted molar refractivity (Wildman–Crippen MR) is 114 cm³/mol. The van der Waals surface area contributed by atoms with E-state index in [4.69, 9.17) is 0 Å². The summed E-state index contributed by atoms with van der Waals surface area (Å²) in [6.45, 7) is 2.87. The van der Waals surface area contributed by atoms with Gasteiger partial charge in [-0.1, -0.05) is 12.1 Å². The number of fused-ring (bicyclic) bond motifs is 2. The second-order valence-electron chi connectivity index (χ2n) is 7.65. The van der Waals surface area contributed by atoms with Crippen molar-refractivity contribution >= 4 is 23.3 Å². The average Bonchev–Trinajstić information content (AvgIpc) is 3.23. The summed E-state index contributed by atoms with van der Waals surface area (Å²) in [6.07, 6.45) is 6.42. The molecule has 2 aromatic heterocycles. The Morgan fingerprint density at radius 3 is 2.77 bits per heavy atom. The van der Waals surface area contributed by atoms with Crippen LogP contribution >= 0.6 is 0 Å². The van der Waals surface area contributed by atoms with E-state index < -0.39 is 0 Å². The molecule has 156 valence electrons. The van der Waals surface area contributed by atoms with Gasteiger partial charge in [0.05, 0.1) is 0 Å². The van der Waals surface area contributed by atoms with Crippen LogP contribution in [0.3, 0.4) is 0 Å². The first-order valence-electron chi connectivity index (χ1n) is 10.4. The van der Waals surface area contributed by atoms with Gasteiger partial charge in [-0.15, -0.1) is 0 Å². The Bertz CT molecular complexity index is 1070. The lowest BCUT2D eigenvalue weighted by Crippen LogP contribution is -2.29. The smallest absolute Gasteiger partial charge is 0.254 e. The van der Waals surface area contributed by atoms with Crippen LogP contribution in [-0.4, -0.2) is 44.4 Å². The highest BCUT2D eigenvalue weighted by molar-refractivity contribution is 5.98. The van der Waals surface area contributed by atoms with E-state index in [-0.39, 0.29) is 24.5 Å². The summed E-state index contributed by atoms with van der Waals surface area (Å²) >= 11 is 0. The minimum absolute atomic E-state index is 0.0254. The van der Waals surface area contributed by atoms with Crippen molar-refractivity contribution in [2.45, 2.75) is 45.4 Å². The highest BCUT2D eigenvalue weighted by Crippen LogP contribution is 2.23. The van der Waals surface area contributed by atoms with E-state index in [0.29, 0.717) is 18.9 Å². The van der Waals surface area contributed by atoms with Crippen molar-refractivity contribution in [1.82, 2.24) is 24.9 Å². The van der Waals surface area contributed by atoms with Gasteiger partial charge in [-0.2, -0.15) is 14.6 Å². The van der Waals surface area contributed by atoms with Gasteiger partial charge in [0, 0.05) is 43.3 Å². The van der Waals surface area contributed by atoms with Crippen LogP contribution in [0.4, 0.5) is 5.82 Å². The lowest BCUT2D eigenvalue weighted by molar-refractivity contribution is -0.120. The van der Waals surface area contributed by atoms with Gasteiger partial charge >= 0.3 is 0 Å². The topological polar surface area (TPSA) is 101 Å². The van der Waals surface area contributed by atoms with Gasteiger partial charge in [0.1, 0.15) is 12.1 Å². The molecule has 0 fully saturated rings. The summed E-state index contributed by atoms with van der Waals surface area (Å²) in [6, 6.07) is 7.86. The molecule has 3 aromatic rings. The Morgan fingerprint density at radius 1 is 1.07 bits per heavy atom. The minimum atomic E-state index is -0.125. The molecule has 8 nitrogen and oxygen atoms in total. The third kappa shape index (κ3) is 4.64. The Morgan fingerprint density at radius 2 is 1.90 bits per heavy atom. The largest absolute Gasteiger partial charge is 0.368 e. The molecule has 1 aliphatic carbocycles. The monoisotopic (exact) mass is 406 g/mol. The molecule has 1 aromatic carbocycles. The third-order valence-corrected chi connectivity index (χ3v) is 5.38. The molecule has 30 heavy (non-hydrogen) atoms. The number of hydrogen-bond acceptors (Lipinski definition) is 6. The number of aromatic nitrogens is 4. The number of rotatable bonds is 8. The fraction of sp³-hybridized carbons (Fsp3) is 0.409. The number of hydrogen-bond donors (Lipinski definition) is 2. The fourth-order valence-electron chi connectivity index (χ4n) is 3.82. The van der Waals surface area contributed by atoms with Gasteiger partial charge in [0.15, 0.2) is 5.78 Å². The molecule has 0 bridgehead atoms. The quantitative estimate of drug-likeness (QED) is 0.440. The summed E-state index contributed by atoms with van der Waals surface area (Å²) < 4.78 is 1.62. The SMILES string of the molecule is Cc1cc(NCCNC(=O)CCC(=O)c2ccc3c(c2)CCCC3)n2ncnc2n1. The molecule has 8 heteroatoms. The van der Waals surface area contributed by atoms with E-state index >= 15 is 0 Å². The van der Waals surface area contributed by atoms with Crippen molar-refractivity contribution < 1.29 is 9.59 Å². The van der Waals surface area contributed by atoms with E-state index in [2.05, 4.69) is 31.8 Å². The number of carbonyl (C=O) groups is 2. The van der Waals surface area contributed by atoms with Gasteiger partial charge in [-0.05, 0) is 49.8 Å². The Balaban J connectivity index is 1.21. The Kier molecular flexibility index (Phi) is 6.02. The minimum Gasteiger partial charge on any atom is -0.368 e. The van der Waals surface area contributed by atoms with Crippen LogP contribution in [0.25, 0.3) is 5.78 Å². The maximum absolute atomic E-state index is 12.5. The number of nitrogens with zero attached hydrogens (tertiary/aromatic N) is 4. The zero-order valence-electron chi connectivity index (χ0n) is 17.1. The number of aryl methyl sites for hydroxylation is 3. The fourth-order valence-corrected chi connectivity index (χ4v) is 3.82. The van der Waals surface area contributed by atoms with Gasteiger partial charge in [-0.3, -0.25) is 9.59 Å². The molecule has 1 aliphatic rings. The van der Waals surface area contributed by atoms with Crippen molar-refractivity contribution in [3.05, 3.63) is 53.0 Å². The van der Waals surface area contributed by atoms with E-state index in [1.807, 2.05) is 25.1 Å². The van der Waals surface area contributed by atoms with Gasteiger partial charge in [0.2, 0.25) is 5.91 Å². The Labute approximate surface area is 175 Å². The second-order valence-corrected chi connectivity index (χ2v) is 7.65. The summed E-state index contributed by atoms with van der Waals surface area (Å²) in [5.74, 6) is 1.20. The number of benzene rings is 1. The first kappa shape index (κ1) is 20.0. The van der Waals surface area contributed by atoms with E-state index in [0.717, 1.165) is 29.9 Å². The number of nitrogens with one attached hydrogen (secondary N) is 2. The third-order valence-electron chi connectivity index (χ3n) is 5.38. The van der Waals surface area contributed by atoms with Crippen LogP contribution in [0.5, 0.6) is 0 Å². The van der Waals surface area contributed by atoms with E-state index in [1.165, 1.54) is 30.3 Å². The maximum Gasteiger partial charge on any atom is 0.254 e.